The van der Waals surface area contributed by atoms with Crippen LogP contribution in [0.4, 0.5) is 0 Å². The Hall–Kier alpha value is -2.33. The Morgan fingerprint density at radius 1 is 1.15 bits per heavy atom. The number of benzene rings is 2. The highest BCUT2D eigenvalue weighted by molar-refractivity contribution is 5.76. The molecule has 1 saturated carbocycles. The lowest BCUT2D eigenvalue weighted by atomic mass is 9.75. The van der Waals surface area contributed by atoms with Crippen molar-refractivity contribution in [1.82, 2.24) is 5.32 Å². The molecular formula is C22H27NO3. The Bertz CT molecular complexity index is 710. The Morgan fingerprint density at radius 3 is 2.54 bits per heavy atom. The van der Waals surface area contributed by atoms with E-state index in [4.69, 9.17) is 4.74 Å². The molecule has 1 aliphatic carbocycles. The van der Waals surface area contributed by atoms with Crippen LogP contribution in [0.1, 0.15) is 30.4 Å². The van der Waals surface area contributed by atoms with Crippen LogP contribution >= 0.6 is 0 Å². The molecular weight excluding hydrogens is 326 g/mol. The molecule has 3 rings (SSSR count). The fourth-order valence-electron chi connectivity index (χ4n) is 3.60. The lowest BCUT2D eigenvalue weighted by Gasteiger charge is -2.38. The van der Waals surface area contributed by atoms with Crippen molar-refractivity contribution in [2.24, 2.45) is 5.92 Å². The number of amides is 1. The van der Waals surface area contributed by atoms with Crippen LogP contribution in [-0.4, -0.2) is 30.3 Å². The van der Waals surface area contributed by atoms with Gasteiger partial charge in [0.15, 0.2) is 0 Å². The third kappa shape index (κ3) is 4.85. The molecule has 0 heterocycles. The maximum atomic E-state index is 12.5. The number of rotatable bonds is 8. The molecule has 2 N–H and O–H groups in total. The monoisotopic (exact) mass is 353 g/mol. The summed E-state index contributed by atoms with van der Waals surface area (Å²) in [5.74, 6) is 1.22. The zero-order valence-corrected chi connectivity index (χ0v) is 15.2. The predicted molar refractivity (Wildman–Crippen MR) is 102 cm³/mol. The molecule has 4 nitrogen and oxygen atoms in total. The maximum Gasteiger partial charge on any atom is 0.220 e. The van der Waals surface area contributed by atoms with Gasteiger partial charge in [0, 0.05) is 12.5 Å². The van der Waals surface area contributed by atoms with E-state index in [0.29, 0.717) is 18.8 Å². The van der Waals surface area contributed by atoms with Crippen LogP contribution in [0.25, 0.3) is 0 Å². The summed E-state index contributed by atoms with van der Waals surface area (Å²) < 4.78 is 5.35. The van der Waals surface area contributed by atoms with Crippen LogP contribution in [0, 0.1) is 5.92 Å². The van der Waals surface area contributed by atoms with Crippen LogP contribution < -0.4 is 10.1 Å². The van der Waals surface area contributed by atoms with Crippen molar-refractivity contribution in [3.63, 3.8) is 0 Å². The van der Waals surface area contributed by atoms with Crippen LogP contribution in [0.2, 0.25) is 0 Å². The second-order valence-electron chi connectivity index (χ2n) is 7.06. The number of carbonyl (C=O) groups excluding carboxylic acids is 1. The van der Waals surface area contributed by atoms with Gasteiger partial charge in [0.2, 0.25) is 5.91 Å². The number of ether oxygens (including phenoxy) is 1. The van der Waals surface area contributed by atoms with E-state index in [1.54, 1.807) is 7.11 Å². The third-order valence-corrected chi connectivity index (χ3v) is 5.18. The normalized spacial score (nSPS) is 20.1. The first-order valence-corrected chi connectivity index (χ1v) is 9.29. The Balaban J connectivity index is 1.58. The number of hydrogen-bond donors (Lipinski definition) is 2. The lowest BCUT2D eigenvalue weighted by molar-refractivity contribution is -0.122. The van der Waals surface area contributed by atoms with Gasteiger partial charge in [-0.3, -0.25) is 4.79 Å². The van der Waals surface area contributed by atoms with E-state index in [9.17, 15) is 9.90 Å². The maximum absolute atomic E-state index is 12.5. The van der Waals surface area contributed by atoms with Gasteiger partial charge in [0.1, 0.15) is 5.75 Å². The molecule has 1 amide bonds. The van der Waals surface area contributed by atoms with Crippen LogP contribution in [-0.2, 0) is 17.6 Å². The van der Waals surface area contributed by atoms with Crippen molar-refractivity contribution < 1.29 is 14.6 Å². The molecule has 0 spiro atoms. The smallest absolute Gasteiger partial charge is 0.220 e. The Morgan fingerprint density at radius 2 is 1.85 bits per heavy atom. The number of carbonyl (C=O) groups is 1. The summed E-state index contributed by atoms with van der Waals surface area (Å²) in [5.41, 5.74) is 2.26. The first kappa shape index (κ1) is 18.5. The summed E-state index contributed by atoms with van der Waals surface area (Å²) in [6.07, 6.45) is 3.21. The molecule has 0 bridgehead atoms. The highest BCUT2D eigenvalue weighted by Crippen LogP contribution is 2.32. The second kappa shape index (κ2) is 8.86. The number of aliphatic hydroxyl groups is 1. The van der Waals surface area contributed by atoms with E-state index >= 15 is 0 Å². The third-order valence-electron chi connectivity index (χ3n) is 5.18. The SMILES string of the molecule is COc1ccccc1CCC(=O)NC(Cc1ccccc1)C1CC(O)C1. The van der Waals surface area contributed by atoms with Crippen molar-refractivity contribution in [2.45, 2.75) is 44.2 Å². The zero-order valence-electron chi connectivity index (χ0n) is 15.2. The van der Waals surface area contributed by atoms with E-state index in [0.717, 1.165) is 30.6 Å². The van der Waals surface area contributed by atoms with Crippen molar-refractivity contribution >= 4 is 5.91 Å². The molecule has 138 valence electrons. The Kier molecular flexibility index (Phi) is 6.29. The van der Waals surface area contributed by atoms with Gasteiger partial charge < -0.3 is 15.2 Å². The Labute approximate surface area is 155 Å². The first-order chi connectivity index (χ1) is 12.7. The number of aliphatic hydroxyl groups excluding tert-OH is 1. The lowest BCUT2D eigenvalue weighted by Crippen LogP contribution is -2.48. The summed E-state index contributed by atoms with van der Waals surface area (Å²) in [4.78, 5) is 12.5. The van der Waals surface area contributed by atoms with E-state index < -0.39 is 0 Å². The van der Waals surface area contributed by atoms with Gasteiger partial charge in [-0.2, -0.15) is 0 Å². The highest BCUT2D eigenvalue weighted by Gasteiger charge is 2.34. The van der Waals surface area contributed by atoms with Crippen LogP contribution in [0.15, 0.2) is 54.6 Å². The van der Waals surface area contributed by atoms with Crippen molar-refractivity contribution in [2.75, 3.05) is 7.11 Å². The molecule has 0 saturated heterocycles. The molecule has 1 atom stereocenters. The summed E-state index contributed by atoms with van der Waals surface area (Å²) >= 11 is 0. The van der Waals surface area contributed by atoms with Crippen LogP contribution in [0.5, 0.6) is 5.75 Å². The van der Waals surface area contributed by atoms with Gasteiger partial charge in [-0.1, -0.05) is 48.5 Å². The molecule has 4 heteroatoms. The number of aryl methyl sites for hydroxylation is 1. The van der Waals surface area contributed by atoms with E-state index in [2.05, 4.69) is 17.4 Å². The average molecular weight is 353 g/mol. The topological polar surface area (TPSA) is 58.6 Å². The predicted octanol–water partition coefficient (Wildman–Crippen LogP) is 3.13. The minimum absolute atomic E-state index is 0.0539. The largest absolute Gasteiger partial charge is 0.496 e. The van der Waals surface area contributed by atoms with Gasteiger partial charge in [-0.25, -0.2) is 0 Å². The average Bonchev–Trinajstić information content (AvgIpc) is 2.64. The molecule has 0 aliphatic heterocycles. The standard InChI is InChI=1S/C22H27NO3/c1-26-21-10-6-5-9-17(21)11-12-22(25)23-20(18-14-19(24)15-18)13-16-7-3-2-4-8-16/h2-10,18-20,24H,11-15H2,1H3,(H,23,25). The highest BCUT2D eigenvalue weighted by atomic mass is 16.5. The zero-order chi connectivity index (χ0) is 18.4. The van der Waals surface area contributed by atoms with Gasteiger partial charge in [-0.15, -0.1) is 0 Å². The van der Waals surface area contributed by atoms with Crippen LogP contribution in [0.3, 0.4) is 0 Å². The van der Waals surface area contributed by atoms with E-state index in [1.165, 1.54) is 5.56 Å². The van der Waals surface area contributed by atoms with E-state index in [1.807, 2.05) is 42.5 Å². The van der Waals surface area contributed by atoms with Gasteiger partial charge in [-0.05, 0) is 48.8 Å². The summed E-state index contributed by atoms with van der Waals surface area (Å²) in [6, 6.07) is 18.1. The minimum atomic E-state index is -0.219. The number of para-hydroxylation sites is 1. The number of nitrogens with one attached hydrogen (secondary N) is 1. The summed E-state index contributed by atoms with van der Waals surface area (Å²) in [7, 11) is 1.65. The van der Waals surface area contributed by atoms with Gasteiger partial charge >= 0.3 is 0 Å². The molecule has 1 unspecified atom stereocenters. The summed E-state index contributed by atoms with van der Waals surface area (Å²) in [5, 5.41) is 12.9. The quantitative estimate of drug-likeness (QED) is 0.767. The number of methoxy groups -OCH3 is 1. The van der Waals surface area contributed by atoms with E-state index in [-0.39, 0.29) is 18.1 Å². The molecule has 0 aromatic heterocycles. The molecule has 1 fully saturated rings. The minimum Gasteiger partial charge on any atom is -0.496 e. The van der Waals surface area contributed by atoms with Gasteiger partial charge in [0.05, 0.1) is 13.2 Å². The molecule has 2 aromatic rings. The second-order valence-corrected chi connectivity index (χ2v) is 7.06. The first-order valence-electron chi connectivity index (χ1n) is 9.29. The van der Waals surface area contributed by atoms with Crippen molar-refractivity contribution in [3.05, 3.63) is 65.7 Å². The molecule has 2 aromatic carbocycles. The molecule has 26 heavy (non-hydrogen) atoms. The van der Waals surface area contributed by atoms with Crippen molar-refractivity contribution in [1.29, 1.82) is 0 Å². The molecule has 0 radical (unpaired) electrons. The molecule has 1 aliphatic rings. The fourth-order valence-corrected chi connectivity index (χ4v) is 3.60. The van der Waals surface area contributed by atoms with Crippen molar-refractivity contribution in [3.8, 4) is 5.75 Å². The fraction of sp³-hybridized carbons (Fsp3) is 0.409. The summed E-state index contributed by atoms with van der Waals surface area (Å²) in [6.45, 7) is 0. The van der Waals surface area contributed by atoms with Gasteiger partial charge in [0.25, 0.3) is 0 Å². The number of hydrogen-bond acceptors (Lipinski definition) is 3.